The first-order valence-corrected chi connectivity index (χ1v) is 11.6. The first-order chi connectivity index (χ1) is 15.7. The second kappa shape index (κ2) is 12.8. The molecular formula is C26H34N4O2. The minimum Gasteiger partial charge on any atom is -0.354 e. The molecule has 0 radical (unpaired) electrons. The van der Waals surface area contributed by atoms with E-state index >= 15 is 0 Å². The largest absolute Gasteiger partial charge is 0.354 e. The van der Waals surface area contributed by atoms with Crippen LogP contribution in [0, 0.1) is 0 Å². The number of nitrogens with one attached hydrogen (secondary N) is 1. The highest BCUT2D eigenvalue weighted by molar-refractivity contribution is 6.04. The van der Waals surface area contributed by atoms with Crippen LogP contribution in [0.3, 0.4) is 0 Å². The third-order valence-corrected chi connectivity index (χ3v) is 5.56. The molecule has 0 unspecified atom stereocenters. The van der Waals surface area contributed by atoms with Crippen LogP contribution in [-0.2, 0) is 16.1 Å². The normalized spacial score (nSPS) is 13.9. The Morgan fingerprint density at radius 3 is 2.41 bits per heavy atom. The number of benzene rings is 2. The minimum atomic E-state index is -0.167. The van der Waals surface area contributed by atoms with Gasteiger partial charge in [0.05, 0.1) is 5.71 Å². The maximum atomic E-state index is 12.4. The lowest BCUT2D eigenvalue weighted by molar-refractivity contribution is -0.136. The van der Waals surface area contributed by atoms with Gasteiger partial charge in [0.1, 0.15) is 6.54 Å². The number of unbranched alkanes of at least 4 members (excludes halogenated alkanes) is 1. The Morgan fingerprint density at radius 2 is 1.69 bits per heavy atom. The zero-order valence-corrected chi connectivity index (χ0v) is 19.0. The van der Waals surface area contributed by atoms with Crippen LogP contribution < -0.4 is 5.32 Å². The van der Waals surface area contributed by atoms with Crippen LogP contribution in [0.4, 0.5) is 0 Å². The molecule has 170 valence electrons. The first kappa shape index (κ1) is 23.7. The maximum Gasteiger partial charge on any atom is 0.243 e. The molecule has 6 nitrogen and oxygen atoms in total. The summed E-state index contributed by atoms with van der Waals surface area (Å²) in [6.45, 7) is 5.67. The van der Waals surface area contributed by atoms with Crippen LogP contribution in [0.15, 0.2) is 65.8 Å². The molecule has 32 heavy (non-hydrogen) atoms. The number of amides is 2. The van der Waals surface area contributed by atoms with Crippen LogP contribution >= 0.6 is 0 Å². The fourth-order valence-electron chi connectivity index (χ4n) is 3.78. The van der Waals surface area contributed by atoms with Gasteiger partial charge < -0.3 is 5.32 Å². The summed E-state index contributed by atoms with van der Waals surface area (Å²) >= 11 is 0. The van der Waals surface area contributed by atoms with Crippen molar-refractivity contribution in [3.8, 4) is 0 Å². The number of hydrazone groups is 1. The summed E-state index contributed by atoms with van der Waals surface area (Å²) in [5, 5.41) is 8.70. The van der Waals surface area contributed by atoms with E-state index in [0.717, 1.165) is 50.2 Å². The highest BCUT2D eigenvalue weighted by Crippen LogP contribution is 2.15. The van der Waals surface area contributed by atoms with E-state index in [1.807, 2.05) is 36.4 Å². The van der Waals surface area contributed by atoms with Gasteiger partial charge in [0.15, 0.2) is 0 Å². The average Bonchev–Trinajstić information content (AvgIpc) is 2.82. The van der Waals surface area contributed by atoms with Gasteiger partial charge >= 0.3 is 0 Å². The molecule has 1 aliphatic heterocycles. The molecule has 0 saturated heterocycles. The number of carbonyl (C=O) groups excluding carboxylic acids is 2. The van der Waals surface area contributed by atoms with Gasteiger partial charge in [-0.2, -0.15) is 5.10 Å². The van der Waals surface area contributed by atoms with E-state index in [9.17, 15) is 9.59 Å². The predicted octanol–water partition coefficient (Wildman–Crippen LogP) is 3.82. The van der Waals surface area contributed by atoms with Crippen molar-refractivity contribution in [3.05, 3.63) is 71.8 Å². The number of rotatable bonds is 12. The Morgan fingerprint density at radius 1 is 1.00 bits per heavy atom. The summed E-state index contributed by atoms with van der Waals surface area (Å²) in [6.07, 6.45) is 4.19. The summed E-state index contributed by atoms with van der Waals surface area (Å²) in [4.78, 5) is 27.1. The second-order valence-electron chi connectivity index (χ2n) is 8.18. The lowest BCUT2D eigenvalue weighted by Gasteiger charge is -2.24. The summed E-state index contributed by atoms with van der Waals surface area (Å²) in [5.41, 5.74) is 3.16. The zero-order valence-electron chi connectivity index (χ0n) is 19.0. The van der Waals surface area contributed by atoms with E-state index in [0.29, 0.717) is 19.4 Å². The molecule has 2 amide bonds. The maximum absolute atomic E-state index is 12.4. The van der Waals surface area contributed by atoms with E-state index in [4.69, 9.17) is 0 Å². The number of hydrogen-bond acceptors (Lipinski definition) is 4. The Bertz CT molecular complexity index is 883. The Kier molecular flexibility index (Phi) is 9.44. The molecule has 1 N–H and O–H groups in total. The standard InChI is InChI=1S/C26H34N4O2/c1-2-3-18-29(20-22-11-6-4-7-12-22)19-10-17-27-25(31)21-30-26(32)16-15-24(28-30)23-13-8-5-9-14-23/h4-9,11-14H,2-3,10,15-21H2,1H3,(H,27,31). The molecule has 1 heterocycles. The molecule has 2 aromatic rings. The fourth-order valence-corrected chi connectivity index (χ4v) is 3.78. The van der Waals surface area contributed by atoms with E-state index in [1.54, 1.807) is 0 Å². The summed E-state index contributed by atoms with van der Waals surface area (Å²) in [7, 11) is 0. The van der Waals surface area contributed by atoms with Crippen molar-refractivity contribution in [3.63, 3.8) is 0 Å². The van der Waals surface area contributed by atoms with Crippen molar-refractivity contribution in [1.29, 1.82) is 0 Å². The van der Waals surface area contributed by atoms with Crippen molar-refractivity contribution < 1.29 is 9.59 Å². The minimum absolute atomic E-state index is 0.0290. The van der Waals surface area contributed by atoms with Crippen molar-refractivity contribution in [2.45, 2.75) is 45.6 Å². The van der Waals surface area contributed by atoms with E-state index in [2.05, 4.69) is 46.5 Å². The topological polar surface area (TPSA) is 65.0 Å². The molecule has 3 rings (SSSR count). The molecule has 6 heteroatoms. The third kappa shape index (κ3) is 7.61. The molecule has 0 aliphatic carbocycles. The SMILES string of the molecule is CCCCN(CCCNC(=O)CN1N=C(c2ccccc2)CCC1=O)Cc1ccccc1. The first-order valence-electron chi connectivity index (χ1n) is 11.6. The van der Waals surface area contributed by atoms with E-state index < -0.39 is 0 Å². The van der Waals surface area contributed by atoms with Gasteiger partial charge in [0.2, 0.25) is 11.8 Å². The molecular weight excluding hydrogens is 400 g/mol. The van der Waals surface area contributed by atoms with Gasteiger partial charge in [0.25, 0.3) is 0 Å². The monoisotopic (exact) mass is 434 g/mol. The van der Waals surface area contributed by atoms with E-state index in [1.165, 1.54) is 10.6 Å². The lowest BCUT2D eigenvalue weighted by Crippen LogP contribution is -2.41. The highest BCUT2D eigenvalue weighted by Gasteiger charge is 2.23. The molecule has 1 aliphatic rings. The van der Waals surface area contributed by atoms with Crippen LogP contribution in [0.2, 0.25) is 0 Å². The van der Waals surface area contributed by atoms with Gasteiger partial charge in [0, 0.05) is 32.5 Å². The van der Waals surface area contributed by atoms with Gasteiger partial charge in [-0.05, 0) is 30.5 Å². The van der Waals surface area contributed by atoms with Gasteiger partial charge in [-0.1, -0.05) is 74.0 Å². The van der Waals surface area contributed by atoms with E-state index in [-0.39, 0.29) is 18.4 Å². The lowest BCUT2D eigenvalue weighted by atomic mass is 10.0. The smallest absolute Gasteiger partial charge is 0.243 e. The molecule has 2 aromatic carbocycles. The van der Waals surface area contributed by atoms with Crippen LogP contribution in [0.1, 0.15) is 50.2 Å². The molecule has 0 atom stereocenters. The number of hydrogen-bond donors (Lipinski definition) is 1. The molecule has 0 spiro atoms. The van der Waals surface area contributed by atoms with Gasteiger partial charge in [-0.15, -0.1) is 0 Å². The van der Waals surface area contributed by atoms with Crippen LogP contribution in [0.5, 0.6) is 0 Å². The van der Waals surface area contributed by atoms with Crippen molar-refractivity contribution in [2.75, 3.05) is 26.2 Å². The molecule has 0 fully saturated rings. The average molecular weight is 435 g/mol. The number of nitrogens with zero attached hydrogens (tertiary/aromatic N) is 3. The van der Waals surface area contributed by atoms with Crippen LogP contribution in [0.25, 0.3) is 0 Å². The summed E-state index contributed by atoms with van der Waals surface area (Å²) in [6, 6.07) is 20.3. The highest BCUT2D eigenvalue weighted by atomic mass is 16.2. The quantitative estimate of drug-likeness (QED) is 0.517. The second-order valence-corrected chi connectivity index (χ2v) is 8.18. The van der Waals surface area contributed by atoms with Crippen LogP contribution in [-0.4, -0.2) is 53.6 Å². The van der Waals surface area contributed by atoms with Crippen molar-refractivity contribution in [2.24, 2.45) is 5.10 Å². The Balaban J connectivity index is 1.44. The Hall–Kier alpha value is -2.99. The predicted molar refractivity (Wildman–Crippen MR) is 128 cm³/mol. The molecule has 0 aromatic heterocycles. The number of carbonyl (C=O) groups is 2. The van der Waals surface area contributed by atoms with Crippen molar-refractivity contribution in [1.82, 2.24) is 15.2 Å². The summed E-state index contributed by atoms with van der Waals surface area (Å²) in [5.74, 6) is -0.270. The third-order valence-electron chi connectivity index (χ3n) is 5.56. The molecule has 0 saturated carbocycles. The van der Waals surface area contributed by atoms with Gasteiger partial charge in [-0.25, -0.2) is 5.01 Å². The fraction of sp³-hybridized carbons (Fsp3) is 0.423. The molecule has 0 bridgehead atoms. The zero-order chi connectivity index (χ0) is 22.6. The van der Waals surface area contributed by atoms with Crippen molar-refractivity contribution >= 4 is 17.5 Å². The Labute approximate surface area is 191 Å². The van der Waals surface area contributed by atoms with Gasteiger partial charge in [-0.3, -0.25) is 14.5 Å². The summed E-state index contributed by atoms with van der Waals surface area (Å²) < 4.78 is 0.